The van der Waals surface area contributed by atoms with Crippen LogP contribution in [-0.2, 0) is 22.6 Å². The van der Waals surface area contributed by atoms with Gasteiger partial charge in [0, 0.05) is 33.0 Å². The highest BCUT2D eigenvalue weighted by atomic mass is 16.5. The largest absolute Gasteiger partial charge is 0.485 e. The van der Waals surface area contributed by atoms with Gasteiger partial charge in [-0.1, -0.05) is 50.4 Å². The Morgan fingerprint density at radius 3 is 2.62 bits per heavy atom. The van der Waals surface area contributed by atoms with Crippen LogP contribution in [0.3, 0.4) is 0 Å². The molecule has 11 nitrogen and oxygen atoms in total. The number of carbonyl (C=O) groups is 3. The number of nitrogens with zero attached hydrogens (tertiary/aromatic N) is 4. The number of fused-ring (bicyclic) bond motifs is 4. The summed E-state index contributed by atoms with van der Waals surface area (Å²) in [4.78, 5) is 48.1. The number of aliphatic hydroxyl groups excluding tert-OH is 1. The van der Waals surface area contributed by atoms with Crippen molar-refractivity contribution in [3.05, 3.63) is 41.5 Å². The number of para-hydroxylation sites is 1. The number of hydrogen-bond donors (Lipinski definition) is 2. The minimum absolute atomic E-state index is 0.0329. The minimum Gasteiger partial charge on any atom is -0.485 e. The highest BCUT2D eigenvalue weighted by Gasteiger charge is 2.42. The molecule has 4 rings (SSSR count). The van der Waals surface area contributed by atoms with Crippen molar-refractivity contribution in [1.29, 1.82) is 0 Å². The number of ether oxygens (including phenoxy) is 1. The van der Waals surface area contributed by atoms with Crippen LogP contribution in [-0.4, -0.2) is 81.1 Å². The molecule has 1 fully saturated rings. The Kier molecular flexibility index (Phi) is 10.1. The number of amides is 3. The molecule has 2 bridgehead atoms. The molecule has 2 aliphatic rings. The average molecular weight is 556 g/mol. The molecule has 2 N–H and O–H groups in total. The first-order valence-electron chi connectivity index (χ1n) is 14.3. The predicted molar refractivity (Wildman–Crippen MR) is 146 cm³/mol. The van der Waals surface area contributed by atoms with E-state index < -0.39 is 24.1 Å². The van der Waals surface area contributed by atoms with Crippen LogP contribution in [0.15, 0.2) is 28.8 Å². The molecule has 1 aromatic heterocycles. The Bertz CT molecular complexity index is 1170. The zero-order valence-corrected chi connectivity index (χ0v) is 23.7. The fraction of sp³-hybridized carbons (Fsp3) is 0.621. The lowest BCUT2D eigenvalue weighted by atomic mass is 10.0. The molecule has 3 amide bonds. The van der Waals surface area contributed by atoms with Crippen LogP contribution in [0, 0.1) is 5.92 Å². The van der Waals surface area contributed by atoms with Crippen molar-refractivity contribution in [3.63, 3.8) is 0 Å². The second kappa shape index (κ2) is 13.7. The number of likely N-dealkylation sites (N-methyl/N-ethyl adjacent to an activating group) is 1. The molecule has 218 valence electrons. The summed E-state index contributed by atoms with van der Waals surface area (Å²) >= 11 is 0. The number of aliphatic hydroxyl groups is 1. The summed E-state index contributed by atoms with van der Waals surface area (Å²) in [5, 5.41) is 17.3. The zero-order valence-electron chi connectivity index (χ0n) is 23.7. The van der Waals surface area contributed by atoms with Gasteiger partial charge in [0.05, 0.1) is 11.7 Å². The molecule has 0 unspecified atom stereocenters. The average Bonchev–Trinajstić information content (AvgIpc) is 3.55. The van der Waals surface area contributed by atoms with Gasteiger partial charge in [0.2, 0.25) is 23.5 Å². The molecule has 3 heterocycles. The lowest BCUT2D eigenvalue weighted by Crippen LogP contribution is -2.54. The molecule has 0 aliphatic carbocycles. The van der Waals surface area contributed by atoms with Crippen molar-refractivity contribution in [3.8, 4) is 5.75 Å². The summed E-state index contributed by atoms with van der Waals surface area (Å²) in [5.74, 6) is 0.344. The Labute approximate surface area is 235 Å². The summed E-state index contributed by atoms with van der Waals surface area (Å²) in [6.07, 6.45) is 5.19. The molecule has 11 heteroatoms. The molecule has 40 heavy (non-hydrogen) atoms. The van der Waals surface area contributed by atoms with Crippen molar-refractivity contribution in [2.75, 3.05) is 20.1 Å². The normalized spacial score (nSPS) is 24.0. The van der Waals surface area contributed by atoms with Crippen molar-refractivity contribution < 1.29 is 28.8 Å². The van der Waals surface area contributed by atoms with E-state index in [2.05, 4.69) is 15.5 Å². The molecule has 1 saturated heterocycles. The molecule has 0 spiro atoms. The third-order valence-electron chi connectivity index (χ3n) is 7.42. The quantitative estimate of drug-likeness (QED) is 0.577. The van der Waals surface area contributed by atoms with Gasteiger partial charge in [-0.25, -0.2) is 0 Å². The number of benzene rings is 1. The maximum atomic E-state index is 13.8. The van der Waals surface area contributed by atoms with E-state index >= 15 is 0 Å². The zero-order chi connectivity index (χ0) is 28.6. The lowest BCUT2D eigenvalue weighted by molar-refractivity contribution is -0.144. The monoisotopic (exact) mass is 555 g/mol. The van der Waals surface area contributed by atoms with Crippen LogP contribution in [0.2, 0.25) is 0 Å². The Morgan fingerprint density at radius 2 is 1.82 bits per heavy atom. The van der Waals surface area contributed by atoms with E-state index in [1.807, 2.05) is 13.8 Å². The third kappa shape index (κ3) is 7.59. The third-order valence-corrected chi connectivity index (χ3v) is 7.42. The van der Waals surface area contributed by atoms with Gasteiger partial charge in [-0.05, 0) is 37.3 Å². The Morgan fingerprint density at radius 1 is 1.07 bits per heavy atom. The van der Waals surface area contributed by atoms with E-state index in [9.17, 15) is 19.5 Å². The summed E-state index contributed by atoms with van der Waals surface area (Å²) in [7, 11) is 1.74. The minimum atomic E-state index is -0.871. The van der Waals surface area contributed by atoms with Gasteiger partial charge in [0.1, 0.15) is 17.8 Å². The highest BCUT2D eigenvalue weighted by molar-refractivity contribution is 6.00. The number of carbonyl (C=O) groups excluding carboxylic acids is 3. The summed E-state index contributed by atoms with van der Waals surface area (Å²) in [6.45, 7) is 4.59. The van der Waals surface area contributed by atoms with Crippen molar-refractivity contribution in [2.45, 2.75) is 90.0 Å². The van der Waals surface area contributed by atoms with Crippen LogP contribution in [0.1, 0.15) is 80.9 Å². The number of hydrogen-bond acceptors (Lipinski definition) is 8. The van der Waals surface area contributed by atoms with E-state index in [4.69, 9.17) is 9.26 Å². The molecule has 2 aliphatic heterocycles. The molecule has 3 atom stereocenters. The molecular formula is C29H41N5O6. The van der Waals surface area contributed by atoms with E-state index in [1.54, 1.807) is 36.2 Å². The molecule has 0 saturated carbocycles. The van der Waals surface area contributed by atoms with Crippen LogP contribution in [0.5, 0.6) is 5.75 Å². The SMILES string of the molecule is CC(C)C[C@H]1NC(=O)c2ccccc2OCc2noc(n2)CCCCCCCN(C)C(=O)[C@H]2C[C@H](O)CN2C1=O. The van der Waals surface area contributed by atoms with Gasteiger partial charge in [-0.3, -0.25) is 14.4 Å². The first kappa shape index (κ1) is 29.5. The predicted octanol–water partition coefficient (Wildman–Crippen LogP) is 2.72. The molecule has 0 radical (unpaired) electrons. The van der Waals surface area contributed by atoms with Crippen molar-refractivity contribution in [2.24, 2.45) is 5.92 Å². The smallest absolute Gasteiger partial charge is 0.255 e. The van der Waals surface area contributed by atoms with Gasteiger partial charge < -0.3 is 29.5 Å². The standard InChI is InChI=1S/C29H41N5O6/c1-19(2)15-22-28(37)34-17-20(35)16-23(34)29(38)33(3)14-10-6-4-5-7-13-26-31-25(32-40-26)18-39-24-12-9-8-11-21(24)27(36)30-22/h8-9,11-12,19-20,22-23,35H,4-7,10,13-18H2,1-3H3,(H,30,36)/t20-,22+,23+/m0/s1. The van der Waals surface area contributed by atoms with Gasteiger partial charge in [-0.15, -0.1) is 0 Å². The van der Waals surface area contributed by atoms with E-state index in [0.717, 1.165) is 32.1 Å². The maximum Gasteiger partial charge on any atom is 0.255 e. The summed E-state index contributed by atoms with van der Waals surface area (Å²) < 4.78 is 11.3. The highest BCUT2D eigenvalue weighted by Crippen LogP contribution is 2.24. The van der Waals surface area contributed by atoms with E-state index in [1.165, 1.54) is 4.90 Å². The number of aromatic nitrogens is 2. The van der Waals surface area contributed by atoms with Crippen molar-refractivity contribution >= 4 is 17.7 Å². The molecular weight excluding hydrogens is 514 g/mol. The fourth-order valence-corrected chi connectivity index (χ4v) is 5.31. The number of rotatable bonds is 2. The van der Waals surface area contributed by atoms with Gasteiger partial charge in [0.15, 0.2) is 6.61 Å². The summed E-state index contributed by atoms with van der Waals surface area (Å²) in [6, 6.07) is 5.15. The van der Waals surface area contributed by atoms with Crippen LogP contribution in [0.4, 0.5) is 0 Å². The topological polar surface area (TPSA) is 138 Å². The van der Waals surface area contributed by atoms with Gasteiger partial charge in [-0.2, -0.15) is 4.98 Å². The maximum absolute atomic E-state index is 13.8. The van der Waals surface area contributed by atoms with Gasteiger partial charge in [0.25, 0.3) is 5.91 Å². The Hall–Kier alpha value is -3.47. The second-order valence-electron chi connectivity index (χ2n) is 11.2. The van der Waals surface area contributed by atoms with Crippen LogP contribution >= 0.6 is 0 Å². The van der Waals surface area contributed by atoms with E-state index in [-0.39, 0.29) is 42.9 Å². The molecule has 1 aromatic carbocycles. The van der Waals surface area contributed by atoms with E-state index in [0.29, 0.717) is 36.9 Å². The Balaban J connectivity index is 1.59. The molecule has 2 aromatic rings. The second-order valence-corrected chi connectivity index (χ2v) is 11.2. The summed E-state index contributed by atoms with van der Waals surface area (Å²) in [5.41, 5.74) is 0.267. The fourth-order valence-electron chi connectivity index (χ4n) is 5.31. The first-order chi connectivity index (χ1) is 19.2. The first-order valence-corrected chi connectivity index (χ1v) is 14.3. The number of aryl methyl sites for hydroxylation is 1. The van der Waals surface area contributed by atoms with Gasteiger partial charge >= 0.3 is 0 Å². The van der Waals surface area contributed by atoms with Crippen molar-refractivity contribution in [1.82, 2.24) is 25.3 Å². The number of nitrogens with one attached hydrogen (secondary N) is 1. The van der Waals surface area contributed by atoms with Crippen LogP contribution in [0.25, 0.3) is 0 Å². The van der Waals surface area contributed by atoms with Crippen LogP contribution < -0.4 is 10.1 Å². The lowest BCUT2D eigenvalue weighted by Gasteiger charge is -2.31.